The summed E-state index contributed by atoms with van der Waals surface area (Å²) in [6, 6.07) is 0. The Morgan fingerprint density at radius 1 is 1.57 bits per heavy atom. The molecule has 0 heterocycles. The Hall–Kier alpha value is -0.390. The van der Waals surface area contributed by atoms with E-state index in [-0.39, 0.29) is 11.5 Å². The average molecular weight is 122 g/mol. The molecular formula is C2H6N2O2S. The van der Waals surface area contributed by atoms with Crippen molar-refractivity contribution in [2.24, 2.45) is 11.5 Å². The van der Waals surface area contributed by atoms with Gasteiger partial charge in [0.1, 0.15) is 4.99 Å². The summed E-state index contributed by atoms with van der Waals surface area (Å²) in [7, 11) is -2.29. The molecule has 5 heteroatoms. The summed E-state index contributed by atoms with van der Waals surface area (Å²) < 4.78 is 19.4. The van der Waals surface area contributed by atoms with Crippen LogP contribution in [0.3, 0.4) is 0 Å². The summed E-state index contributed by atoms with van der Waals surface area (Å²) in [6.45, 7) is -0.101. The van der Waals surface area contributed by atoms with E-state index >= 15 is 0 Å². The van der Waals surface area contributed by atoms with Crippen LogP contribution < -0.4 is 11.5 Å². The fourth-order valence-corrected chi connectivity index (χ4v) is 0.204. The van der Waals surface area contributed by atoms with Gasteiger partial charge in [-0.25, -0.2) is 0 Å². The van der Waals surface area contributed by atoms with E-state index in [0.717, 1.165) is 0 Å². The molecule has 0 aromatic carbocycles. The third kappa shape index (κ3) is 2.32. The van der Waals surface area contributed by atoms with Gasteiger partial charge in [-0.1, -0.05) is 0 Å². The third-order valence-electron chi connectivity index (χ3n) is 0.415. The minimum absolute atomic E-state index is 0.101. The molecule has 0 aliphatic heterocycles. The summed E-state index contributed by atoms with van der Waals surface area (Å²) in [5, 5.41) is 0. The number of hydrogen-bond donors (Lipinski definition) is 2. The molecule has 0 bridgehead atoms. The zero-order valence-corrected chi connectivity index (χ0v) is 4.40. The van der Waals surface area contributed by atoms with Crippen LogP contribution in [0.5, 0.6) is 0 Å². The van der Waals surface area contributed by atoms with E-state index < -0.39 is 10.3 Å². The molecule has 42 valence electrons. The van der Waals surface area contributed by atoms with Crippen LogP contribution in [0.15, 0.2) is 0 Å². The SMILES string of the molecule is NCC(N)=S(=O)=O. The van der Waals surface area contributed by atoms with Crippen molar-refractivity contribution in [1.82, 2.24) is 0 Å². The summed E-state index contributed by atoms with van der Waals surface area (Å²) in [4.78, 5) is -0.208. The fourth-order valence-electron chi connectivity index (χ4n) is 0.0680. The molecule has 4 nitrogen and oxygen atoms in total. The molecule has 0 aromatic rings. The molecule has 0 saturated heterocycles. The van der Waals surface area contributed by atoms with Crippen molar-refractivity contribution in [3.8, 4) is 0 Å². The number of hydrogen-bond acceptors (Lipinski definition) is 3. The maximum Gasteiger partial charge on any atom is 0.229 e. The van der Waals surface area contributed by atoms with Gasteiger partial charge in [0.05, 0.1) is 0 Å². The first kappa shape index (κ1) is 6.61. The van der Waals surface area contributed by atoms with Gasteiger partial charge in [-0.2, -0.15) is 8.42 Å². The first-order chi connectivity index (χ1) is 3.18. The van der Waals surface area contributed by atoms with Crippen LogP contribution in [-0.2, 0) is 10.3 Å². The molecule has 0 aliphatic carbocycles. The Balaban J connectivity index is 4.33. The lowest BCUT2D eigenvalue weighted by Gasteiger charge is -1.78. The van der Waals surface area contributed by atoms with Crippen molar-refractivity contribution < 1.29 is 8.42 Å². The monoisotopic (exact) mass is 122 g/mol. The van der Waals surface area contributed by atoms with Crippen LogP contribution in [-0.4, -0.2) is 20.0 Å². The van der Waals surface area contributed by atoms with Crippen molar-refractivity contribution >= 4 is 15.3 Å². The first-order valence-corrected chi connectivity index (χ1v) is 2.66. The number of rotatable bonds is 1. The van der Waals surface area contributed by atoms with E-state index in [0.29, 0.717) is 0 Å². The summed E-state index contributed by atoms with van der Waals surface area (Å²) >= 11 is 0. The van der Waals surface area contributed by atoms with Gasteiger partial charge >= 0.3 is 0 Å². The molecule has 0 radical (unpaired) electrons. The van der Waals surface area contributed by atoms with Crippen LogP contribution in [0, 0.1) is 0 Å². The maximum absolute atomic E-state index is 9.69. The highest BCUT2D eigenvalue weighted by Gasteiger charge is 1.82. The van der Waals surface area contributed by atoms with Crippen molar-refractivity contribution in [2.45, 2.75) is 0 Å². The highest BCUT2D eigenvalue weighted by atomic mass is 32.2. The Labute approximate surface area is 42.6 Å². The summed E-state index contributed by atoms with van der Waals surface area (Å²) in [6.07, 6.45) is 0. The van der Waals surface area contributed by atoms with Crippen LogP contribution >= 0.6 is 0 Å². The van der Waals surface area contributed by atoms with Crippen molar-refractivity contribution in [1.29, 1.82) is 0 Å². The summed E-state index contributed by atoms with van der Waals surface area (Å²) in [5.74, 6) is 0. The Morgan fingerprint density at radius 2 is 2.00 bits per heavy atom. The molecule has 7 heavy (non-hydrogen) atoms. The van der Waals surface area contributed by atoms with Gasteiger partial charge in [0, 0.05) is 6.54 Å². The van der Waals surface area contributed by atoms with Gasteiger partial charge in [0.2, 0.25) is 10.3 Å². The average Bonchev–Trinajstić information content (AvgIpc) is 1.65. The molecule has 0 aliphatic rings. The van der Waals surface area contributed by atoms with E-state index in [9.17, 15) is 8.42 Å². The second-order valence-electron chi connectivity index (χ2n) is 0.905. The smallest absolute Gasteiger partial charge is 0.229 e. The zero-order valence-electron chi connectivity index (χ0n) is 3.59. The van der Waals surface area contributed by atoms with E-state index in [1.54, 1.807) is 0 Å². The second-order valence-corrected chi connectivity index (χ2v) is 1.90. The molecule has 0 atom stereocenters. The lowest BCUT2D eigenvalue weighted by molar-refractivity contribution is 0.626. The Kier molecular flexibility index (Phi) is 2.58. The normalized spacial score (nSPS) is 8.29. The highest BCUT2D eigenvalue weighted by molar-refractivity contribution is 7.72. The van der Waals surface area contributed by atoms with Crippen molar-refractivity contribution in [3.05, 3.63) is 0 Å². The predicted octanol–water partition coefficient (Wildman–Crippen LogP) is -2.09. The predicted molar refractivity (Wildman–Crippen MR) is 27.2 cm³/mol. The standard InChI is InChI=1S/C2H6N2O2S/c3-1-2(4)7(5)6/h1,3-4H2. The molecule has 4 N–H and O–H groups in total. The van der Waals surface area contributed by atoms with Crippen molar-refractivity contribution in [2.75, 3.05) is 6.54 Å². The quantitative estimate of drug-likeness (QED) is 0.390. The maximum atomic E-state index is 9.69. The van der Waals surface area contributed by atoms with Crippen LogP contribution in [0.2, 0.25) is 0 Å². The molecule has 0 spiro atoms. The van der Waals surface area contributed by atoms with Gasteiger partial charge < -0.3 is 5.73 Å². The van der Waals surface area contributed by atoms with E-state index in [1.165, 1.54) is 0 Å². The highest BCUT2D eigenvalue weighted by Crippen LogP contribution is 1.47. The zero-order chi connectivity index (χ0) is 5.86. The van der Waals surface area contributed by atoms with Crippen LogP contribution in [0.25, 0.3) is 0 Å². The lowest BCUT2D eigenvalue weighted by Crippen LogP contribution is -2.23. The minimum Gasteiger partial charge on any atom is -0.325 e. The lowest BCUT2D eigenvalue weighted by atomic mass is 10.7. The second kappa shape index (κ2) is 2.73. The van der Waals surface area contributed by atoms with Crippen molar-refractivity contribution in [3.63, 3.8) is 0 Å². The van der Waals surface area contributed by atoms with E-state index in [2.05, 4.69) is 0 Å². The van der Waals surface area contributed by atoms with Gasteiger partial charge in [0.25, 0.3) is 0 Å². The topological polar surface area (TPSA) is 86.2 Å². The molecule has 0 amide bonds. The minimum atomic E-state index is -2.29. The molecule has 0 fully saturated rings. The third-order valence-corrected chi connectivity index (χ3v) is 1.01. The van der Waals surface area contributed by atoms with Crippen LogP contribution in [0.4, 0.5) is 0 Å². The van der Waals surface area contributed by atoms with E-state index in [4.69, 9.17) is 11.5 Å². The Bertz CT molecular complexity index is 160. The largest absolute Gasteiger partial charge is 0.325 e. The Morgan fingerprint density at radius 3 is 2.00 bits per heavy atom. The molecule has 0 aromatic heterocycles. The van der Waals surface area contributed by atoms with Gasteiger partial charge in [-0.15, -0.1) is 0 Å². The first-order valence-electron chi connectivity index (χ1n) is 1.59. The van der Waals surface area contributed by atoms with Gasteiger partial charge in [-0.3, -0.25) is 5.73 Å². The fraction of sp³-hybridized carbons (Fsp3) is 0.500. The molecule has 0 rings (SSSR count). The number of nitrogens with two attached hydrogens (primary N) is 2. The molecule has 0 saturated carbocycles. The van der Waals surface area contributed by atoms with Gasteiger partial charge in [-0.05, 0) is 0 Å². The molecular weight excluding hydrogens is 116 g/mol. The molecule has 0 unspecified atom stereocenters. The van der Waals surface area contributed by atoms with E-state index in [1.807, 2.05) is 0 Å². The summed E-state index contributed by atoms with van der Waals surface area (Å²) in [5.41, 5.74) is 9.61. The van der Waals surface area contributed by atoms with Crippen LogP contribution in [0.1, 0.15) is 0 Å². The van der Waals surface area contributed by atoms with Gasteiger partial charge in [0.15, 0.2) is 0 Å².